The van der Waals surface area contributed by atoms with E-state index in [-0.39, 0.29) is 18.6 Å². The van der Waals surface area contributed by atoms with Crippen LogP contribution in [0.4, 0.5) is 8.78 Å². The lowest BCUT2D eigenvalue weighted by molar-refractivity contribution is -0.0380. The van der Waals surface area contributed by atoms with Crippen molar-refractivity contribution in [3.05, 3.63) is 35.4 Å². The Morgan fingerprint density at radius 3 is 2.72 bits per heavy atom. The molecule has 18 heavy (non-hydrogen) atoms. The molecule has 0 bridgehead atoms. The lowest BCUT2D eigenvalue weighted by Crippen LogP contribution is -2.37. The van der Waals surface area contributed by atoms with Crippen molar-refractivity contribution in [2.45, 2.75) is 24.9 Å². The fraction of sp³-hybridized carbons (Fsp3) is 0.538. The smallest absolute Gasteiger partial charge is 0.126 e. The zero-order valence-electron chi connectivity index (χ0n) is 10.5. The van der Waals surface area contributed by atoms with Crippen molar-refractivity contribution < 1.29 is 18.6 Å². The number of methoxy groups -OCH3 is 1. The van der Waals surface area contributed by atoms with Crippen LogP contribution in [0, 0.1) is 11.6 Å². The quantitative estimate of drug-likeness (QED) is 0.782. The van der Waals surface area contributed by atoms with E-state index in [2.05, 4.69) is 0 Å². The zero-order valence-corrected chi connectivity index (χ0v) is 10.5. The minimum atomic E-state index is -1.22. The van der Waals surface area contributed by atoms with Crippen molar-refractivity contribution in [2.75, 3.05) is 20.3 Å². The summed E-state index contributed by atoms with van der Waals surface area (Å²) in [6.07, 6.45) is 0.981. The lowest BCUT2D eigenvalue weighted by atomic mass is 9.90. The third-order valence-corrected chi connectivity index (χ3v) is 2.79. The first-order valence-electron chi connectivity index (χ1n) is 5.86. The molecule has 0 saturated carbocycles. The monoisotopic (exact) mass is 259 g/mol. The fourth-order valence-corrected chi connectivity index (χ4v) is 1.94. The van der Waals surface area contributed by atoms with Gasteiger partial charge in [-0.1, -0.05) is 0 Å². The summed E-state index contributed by atoms with van der Waals surface area (Å²) < 4.78 is 31.5. The van der Waals surface area contributed by atoms with E-state index in [1.54, 1.807) is 0 Å². The largest absolute Gasteiger partial charge is 0.387 e. The van der Waals surface area contributed by atoms with Gasteiger partial charge >= 0.3 is 0 Å². The van der Waals surface area contributed by atoms with Crippen molar-refractivity contribution in [1.82, 2.24) is 0 Å². The van der Waals surface area contributed by atoms with Gasteiger partial charge in [-0.2, -0.15) is 0 Å². The molecule has 1 unspecified atom stereocenters. The molecule has 0 amide bonds. The van der Waals surface area contributed by atoms with E-state index >= 15 is 0 Å². The SMILES string of the molecule is COCC(O)(CCCN)Cc1cc(F)ccc1F. The van der Waals surface area contributed by atoms with Crippen molar-refractivity contribution in [1.29, 1.82) is 0 Å². The van der Waals surface area contributed by atoms with E-state index in [0.29, 0.717) is 19.4 Å². The second kappa shape index (κ2) is 6.78. The number of aliphatic hydroxyl groups is 1. The molecular weight excluding hydrogens is 240 g/mol. The maximum atomic E-state index is 13.5. The normalized spacial score (nSPS) is 14.5. The third-order valence-electron chi connectivity index (χ3n) is 2.79. The van der Waals surface area contributed by atoms with Gasteiger partial charge in [-0.05, 0) is 43.1 Å². The molecule has 102 valence electrons. The summed E-state index contributed by atoms with van der Waals surface area (Å²) >= 11 is 0. The number of hydrogen-bond donors (Lipinski definition) is 2. The Labute approximate surface area is 106 Å². The molecule has 0 heterocycles. The van der Waals surface area contributed by atoms with Crippen LogP contribution in [0.5, 0.6) is 0 Å². The van der Waals surface area contributed by atoms with Crippen LogP contribution in [0.1, 0.15) is 18.4 Å². The van der Waals surface area contributed by atoms with Crippen molar-refractivity contribution in [3.63, 3.8) is 0 Å². The number of hydrogen-bond acceptors (Lipinski definition) is 3. The van der Waals surface area contributed by atoms with Gasteiger partial charge in [-0.3, -0.25) is 0 Å². The first kappa shape index (κ1) is 15.0. The van der Waals surface area contributed by atoms with Crippen LogP contribution in [-0.2, 0) is 11.2 Å². The second-order valence-electron chi connectivity index (χ2n) is 4.46. The van der Waals surface area contributed by atoms with Gasteiger partial charge < -0.3 is 15.6 Å². The molecule has 0 aliphatic rings. The maximum Gasteiger partial charge on any atom is 0.126 e. The zero-order chi connectivity index (χ0) is 13.6. The highest BCUT2D eigenvalue weighted by molar-refractivity contribution is 5.20. The predicted molar refractivity (Wildman–Crippen MR) is 65.2 cm³/mol. The molecule has 3 N–H and O–H groups in total. The predicted octanol–water partition coefficient (Wildman–Crippen LogP) is 1.62. The number of ether oxygens (including phenoxy) is 1. The van der Waals surface area contributed by atoms with Crippen LogP contribution < -0.4 is 5.73 Å². The summed E-state index contributed by atoms with van der Waals surface area (Å²) in [5, 5.41) is 10.3. The molecule has 0 spiro atoms. The van der Waals surface area contributed by atoms with Crippen molar-refractivity contribution in [3.8, 4) is 0 Å². The molecular formula is C13H19F2NO2. The van der Waals surface area contributed by atoms with Crippen LogP contribution in [-0.4, -0.2) is 31.0 Å². The summed E-state index contributed by atoms with van der Waals surface area (Å²) in [6.45, 7) is 0.487. The summed E-state index contributed by atoms with van der Waals surface area (Å²) in [5.74, 6) is -1.05. The minimum Gasteiger partial charge on any atom is -0.387 e. The third kappa shape index (κ3) is 4.33. The summed E-state index contributed by atoms with van der Waals surface area (Å²) in [6, 6.07) is 3.20. The molecule has 5 heteroatoms. The van der Waals surface area contributed by atoms with Crippen LogP contribution in [0.3, 0.4) is 0 Å². The molecule has 0 aromatic heterocycles. The highest BCUT2D eigenvalue weighted by Crippen LogP contribution is 2.22. The number of benzene rings is 1. The standard InChI is InChI=1S/C13H19F2NO2/c1-18-9-13(17,5-2-6-16)8-10-7-11(14)3-4-12(10)15/h3-4,7,17H,2,5-6,8-9,16H2,1H3. The van der Waals surface area contributed by atoms with Gasteiger partial charge in [0.25, 0.3) is 0 Å². The molecule has 1 rings (SSSR count). The molecule has 1 atom stereocenters. The molecule has 0 radical (unpaired) electrons. The Balaban J connectivity index is 2.84. The number of rotatable bonds is 7. The number of nitrogens with two attached hydrogens (primary N) is 1. The molecule has 0 saturated heterocycles. The first-order valence-corrected chi connectivity index (χ1v) is 5.86. The van der Waals surface area contributed by atoms with Crippen LogP contribution in [0.2, 0.25) is 0 Å². The molecule has 1 aromatic carbocycles. The Bertz CT molecular complexity index is 387. The Kier molecular flexibility index (Phi) is 5.65. The molecule has 0 aliphatic carbocycles. The average Bonchev–Trinajstić information content (AvgIpc) is 2.32. The van der Waals surface area contributed by atoms with E-state index in [0.717, 1.165) is 18.2 Å². The lowest BCUT2D eigenvalue weighted by Gasteiger charge is -2.27. The van der Waals surface area contributed by atoms with E-state index in [9.17, 15) is 13.9 Å². The highest BCUT2D eigenvalue weighted by Gasteiger charge is 2.28. The first-order chi connectivity index (χ1) is 8.50. The Morgan fingerprint density at radius 2 is 2.11 bits per heavy atom. The van der Waals surface area contributed by atoms with E-state index in [4.69, 9.17) is 10.5 Å². The van der Waals surface area contributed by atoms with E-state index < -0.39 is 17.2 Å². The van der Waals surface area contributed by atoms with Gasteiger partial charge in [0.1, 0.15) is 11.6 Å². The Hall–Kier alpha value is -1.04. The van der Waals surface area contributed by atoms with Crippen molar-refractivity contribution >= 4 is 0 Å². The molecule has 1 aromatic rings. The summed E-state index contributed by atoms with van der Waals surface area (Å²) in [7, 11) is 1.45. The van der Waals surface area contributed by atoms with Gasteiger partial charge in [0.05, 0.1) is 12.2 Å². The average molecular weight is 259 g/mol. The molecule has 0 aliphatic heterocycles. The topological polar surface area (TPSA) is 55.5 Å². The van der Waals surface area contributed by atoms with E-state index in [1.165, 1.54) is 7.11 Å². The van der Waals surface area contributed by atoms with Gasteiger partial charge in [-0.25, -0.2) is 8.78 Å². The van der Waals surface area contributed by atoms with Gasteiger partial charge in [0, 0.05) is 13.5 Å². The van der Waals surface area contributed by atoms with Crippen LogP contribution in [0.15, 0.2) is 18.2 Å². The highest BCUT2D eigenvalue weighted by atomic mass is 19.1. The number of halogens is 2. The van der Waals surface area contributed by atoms with E-state index in [1.807, 2.05) is 0 Å². The van der Waals surface area contributed by atoms with Crippen LogP contribution >= 0.6 is 0 Å². The fourth-order valence-electron chi connectivity index (χ4n) is 1.94. The Morgan fingerprint density at radius 1 is 1.39 bits per heavy atom. The minimum absolute atomic E-state index is 0.00440. The summed E-state index contributed by atoms with van der Waals surface area (Å²) in [5.41, 5.74) is 4.32. The van der Waals surface area contributed by atoms with Crippen molar-refractivity contribution in [2.24, 2.45) is 5.73 Å². The summed E-state index contributed by atoms with van der Waals surface area (Å²) in [4.78, 5) is 0. The van der Waals surface area contributed by atoms with Gasteiger partial charge in [0.15, 0.2) is 0 Å². The van der Waals surface area contributed by atoms with Gasteiger partial charge in [-0.15, -0.1) is 0 Å². The molecule has 0 fully saturated rings. The second-order valence-corrected chi connectivity index (χ2v) is 4.46. The maximum absolute atomic E-state index is 13.5. The van der Waals surface area contributed by atoms with Gasteiger partial charge in [0.2, 0.25) is 0 Å². The van der Waals surface area contributed by atoms with Crippen LogP contribution in [0.25, 0.3) is 0 Å². The molecule has 3 nitrogen and oxygen atoms in total.